The van der Waals surface area contributed by atoms with Crippen LogP contribution in [-0.2, 0) is 9.47 Å². The highest BCUT2D eigenvalue weighted by Gasteiger charge is 2.25. The Bertz CT molecular complexity index is 250. The summed E-state index contributed by atoms with van der Waals surface area (Å²) in [7, 11) is 0. The lowest BCUT2D eigenvalue weighted by Crippen LogP contribution is -2.34. The highest BCUT2D eigenvalue weighted by molar-refractivity contribution is 8.22. The van der Waals surface area contributed by atoms with Crippen LogP contribution in [0.1, 0.15) is 53.9 Å². The Labute approximate surface area is 122 Å². The second-order valence-corrected chi connectivity index (χ2v) is 7.05. The summed E-state index contributed by atoms with van der Waals surface area (Å²) in [5.41, 5.74) is -0.458. The molecule has 0 aromatic rings. The van der Waals surface area contributed by atoms with Crippen molar-refractivity contribution in [2.24, 2.45) is 0 Å². The van der Waals surface area contributed by atoms with E-state index in [1.54, 1.807) is 11.8 Å². The Kier molecular flexibility index (Phi) is 8.69. The lowest BCUT2D eigenvalue weighted by Gasteiger charge is -2.29. The molecular weight excluding hydrogens is 264 g/mol. The summed E-state index contributed by atoms with van der Waals surface area (Å²) < 4.78 is 12.6. The van der Waals surface area contributed by atoms with Gasteiger partial charge in [0.15, 0.2) is 0 Å². The highest BCUT2D eigenvalue weighted by atomic mass is 32.2. The number of hydrogen-bond donors (Lipinski definition) is 0. The van der Waals surface area contributed by atoms with Gasteiger partial charge in [-0.15, -0.1) is 11.8 Å². The zero-order valence-corrected chi connectivity index (χ0v) is 14.3. The van der Waals surface area contributed by atoms with Crippen molar-refractivity contribution in [3.8, 4) is 0 Å². The summed E-state index contributed by atoms with van der Waals surface area (Å²) in [4.78, 5) is 0. The molecule has 0 heterocycles. The topological polar surface area (TPSA) is 18.5 Å². The Morgan fingerprint density at radius 1 is 1.11 bits per heavy atom. The Morgan fingerprint density at radius 3 is 2.22 bits per heavy atom. The van der Waals surface area contributed by atoms with Gasteiger partial charge in [-0.05, 0) is 46.8 Å². The predicted molar refractivity (Wildman–Crippen MR) is 85.7 cm³/mol. The fraction of sp³-hybridized carbons (Fsp3) is 0.929. The molecular formula is C14H28O2S2. The third-order valence-electron chi connectivity index (χ3n) is 2.83. The molecule has 0 unspecified atom stereocenters. The molecule has 0 aromatic carbocycles. The van der Waals surface area contributed by atoms with Crippen molar-refractivity contribution in [2.45, 2.75) is 65.1 Å². The summed E-state index contributed by atoms with van der Waals surface area (Å²) in [6, 6.07) is 0. The molecule has 0 aromatic heterocycles. The Hall–Kier alpha value is 0.360. The van der Waals surface area contributed by atoms with Crippen molar-refractivity contribution in [1.82, 2.24) is 0 Å². The molecule has 0 saturated carbocycles. The van der Waals surface area contributed by atoms with Crippen molar-refractivity contribution >= 4 is 28.2 Å². The molecule has 4 heteroatoms. The van der Waals surface area contributed by atoms with Gasteiger partial charge in [0.1, 0.15) is 5.60 Å². The lowest BCUT2D eigenvalue weighted by molar-refractivity contribution is -0.0553. The largest absolute Gasteiger partial charge is 0.375 e. The smallest absolute Gasteiger partial charge is 0.103 e. The van der Waals surface area contributed by atoms with Gasteiger partial charge in [0.25, 0.3) is 0 Å². The van der Waals surface area contributed by atoms with E-state index in [2.05, 4.69) is 20.8 Å². The van der Waals surface area contributed by atoms with Gasteiger partial charge in [-0.25, -0.2) is 0 Å². The molecule has 0 spiro atoms. The SMILES string of the molecule is CCCCOC(C)(C)CCOC(C)(C)C(=S)SC. The maximum absolute atomic E-state index is 5.88. The van der Waals surface area contributed by atoms with Crippen LogP contribution in [0.2, 0.25) is 0 Å². The van der Waals surface area contributed by atoms with Crippen LogP contribution in [0, 0.1) is 0 Å². The van der Waals surface area contributed by atoms with Crippen molar-refractivity contribution in [3.63, 3.8) is 0 Å². The first kappa shape index (κ1) is 18.4. The van der Waals surface area contributed by atoms with Crippen molar-refractivity contribution < 1.29 is 9.47 Å². The number of unbranched alkanes of at least 4 members (excludes halogenated alkanes) is 1. The van der Waals surface area contributed by atoms with E-state index in [-0.39, 0.29) is 11.2 Å². The van der Waals surface area contributed by atoms with Gasteiger partial charge in [-0.3, -0.25) is 0 Å². The fourth-order valence-electron chi connectivity index (χ4n) is 1.42. The first-order valence-electron chi connectivity index (χ1n) is 6.61. The molecule has 0 aliphatic heterocycles. The Morgan fingerprint density at radius 2 is 1.72 bits per heavy atom. The molecule has 0 aliphatic rings. The van der Waals surface area contributed by atoms with Crippen LogP contribution in [0.5, 0.6) is 0 Å². The zero-order valence-electron chi connectivity index (χ0n) is 12.7. The van der Waals surface area contributed by atoms with Gasteiger partial charge in [0.05, 0.1) is 16.4 Å². The molecule has 0 rings (SSSR count). The van der Waals surface area contributed by atoms with E-state index in [1.807, 2.05) is 20.1 Å². The third-order valence-corrected chi connectivity index (χ3v) is 4.69. The van der Waals surface area contributed by atoms with Crippen LogP contribution in [0.25, 0.3) is 0 Å². The van der Waals surface area contributed by atoms with E-state index in [1.165, 1.54) is 6.42 Å². The minimum Gasteiger partial charge on any atom is -0.375 e. The minimum absolute atomic E-state index is 0.119. The molecule has 0 saturated heterocycles. The van der Waals surface area contributed by atoms with Gasteiger partial charge in [0, 0.05) is 6.61 Å². The summed E-state index contributed by atoms with van der Waals surface area (Å²) in [6.45, 7) is 12.0. The van der Waals surface area contributed by atoms with E-state index in [9.17, 15) is 0 Å². The Balaban J connectivity index is 3.98. The normalized spacial score (nSPS) is 12.8. The average molecular weight is 293 g/mol. The molecule has 18 heavy (non-hydrogen) atoms. The third kappa shape index (κ3) is 7.72. The lowest BCUT2D eigenvalue weighted by atomic mass is 10.1. The minimum atomic E-state index is -0.339. The summed E-state index contributed by atoms with van der Waals surface area (Å²) in [5.74, 6) is 0. The van der Waals surface area contributed by atoms with Gasteiger partial charge in [0.2, 0.25) is 0 Å². The molecule has 0 amide bonds. The molecule has 0 aliphatic carbocycles. The van der Waals surface area contributed by atoms with Crippen LogP contribution in [-0.4, -0.2) is 34.9 Å². The second-order valence-electron chi connectivity index (χ2n) is 5.56. The van der Waals surface area contributed by atoms with E-state index >= 15 is 0 Å². The number of thiocarbonyl (C=S) groups is 1. The first-order chi connectivity index (χ1) is 8.25. The van der Waals surface area contributed by atoms with Crippen molar-refractivity contribution in [1.29, 1.82) is 0 Å². The second kappa shape index (κ2) is 8.51. The van der Waals surface area contributed by atoms with Gasteiger partial charge >= 0.3 is 0 Å². The average Bonchev–Trinajstić information content (AvgIpc) is 2.27. The van der Waals surface area contributed by atoms with E-state index in [0.29, 0.717) is 6.61 Å². The summed E-state index contributed by atoms with van der Waals surface area (Å²) in [6.07, 6.45) is 5.16. The van der Waals surface area contributed by atoms with E-state index in [0.717, 1.165) is 23.6 Å². The molecule has 0 N–H and O–H groups in total. The maximum atomic E-state index is 5.88. The molecule has 108 valence electrons. The van der Waals surface area contributed by atoms with E-state index < -0.39 is 0 Å². The van der Waals surface area contributed by atoms with Crippen molar-refractivity contribution in [3.05, 3.63) is 0 Å². The number of thioether (sulfide) groups is 1. The van der Waals surface area contributed by atoms with Gasteiger partial charge in [-0.2, -0.15) is 0 Å². The molecule has 0 fully saturated rings. The monoisotopic (exact) mass is 292 g/mol. The summed E-state index contributed by atoms with van der Waals surface area (Å²) in [5, 5.41) is 0. The quantitative estimate of drug-likeness (QED) is 0.461. The van der Waals surface area contributed by atoms with Crippen LogP contribution in [0.4, 0.5) is 0 Å². The van der Waals surface area contributed by atoms with Crippen LogP contribution in [0.15, 0.2) is 0 Å². The number of rotatable bonds is 9. The standard InChI is InChI=1S/C14H28O2S2/c1-7-8-10-15-13(2,3)9-11-16-14(4,5)12(17)18-6/h7-11H2,1-6H3. The zero-order chi connectivity index (χ0) is 14.2. The van der Waals surface area contributed by atoms with Crippen LogP contribution < -0.4 is 0 Å². The number of ether oxygens (including phenoxy) is 2. The van der Waals surface area contributed by atoms with E-state index in [4.69, 9.17) is 21.7 Å². The van der Waals surface area contributed by atoms with Crippen LogP contribution >= 0.6 is 24.0 Å². The van der Waals surface area contributed by atoms with Gasteiger partial charge in [-0.1, -0.05) is 25.6 Å². The number of hydrogen-bond acceptors (Lipinski definition) is 4. The molecule has 0 atom stereocenters. The summed E-state index contributed by atoms with van der Waals surface area (Å²) >= 11 is 6.87. The van der Waals surface area contributed by atoms with Crippen LogP contribution in [0.3, 0.4) is 0 Å². The van der Waals surface area contributed by atoms with Gasteiger partial charge < -0.3 is 9.47 Å². The predicted octanol–water partition coefficient (Wildman–Crippen LogP) is 4.46. The molecule has 0 bridgehead atoms. The first-order valence-corrected chi connectivity index (χ1v) is 8.25. The highest BCUT2D eigenvalue weighted by Crippen LogP contribution is 2.22. The molecule has 2 nitrogen and oxygen atoms in total. The molecule has 0 radical (unpaired) electrons. The fourth-order valence-corrected chi connectivity index (χ4v) is 2.03. The van der Waals surface area contributed by atoms with Crippen molar-refractivity contribution in [2.75, 3.05) is 19.5 Å². The maximum Gasteiger partial charge on any atom is 0.103 e.